The van der Waals surface area contributed by atoms with Gasteiger partial charge in [-0.25, -0.2) is 9.37 Å². The first-order chi connectivity index (χ1) is 9.65. The van der Waals surface area contributed by atoms with Crippen LogP contribution in [0.25, 0.3) is 5.69 Å². The molecule has 0 aliphatic carbocycles. The normalized spacial score (nSPS) is 22.1. The molecule has 0 amide bonds. The van der Waals surface area contributed by atoms with Crippen molar-refractivity contribution >= 4 is 5.97 Å². The number of benzene rings is 1. The van der Waals surface area contributed by atoms with Crippen molar-refractivity contribution in [2.75, 3.05) is 6.54 Å². The van der Waals surface area contributed by atoms with Crippen molar-refractivity contribution in [1.29, 1.82) is 0 Å². The van der Waals surface area contributed by atoms with Gasteiger partial charge in [0.15, 0.2) is 0 Å². The van der Waals surface area contributed by atoms with Gasteiger partial charge in [0.2, 0.25) is 0 Å². The number of hydrogen-bond acceptors (Lipinski definition) is 3. The molecule has 2 unspecified atom stereocenters. The fraction of sp³-hybridized carbons (Fsp3) is 0.286. The van der Waals surface area contributed by atoms with E-state index in [4.69, 9.17) is 5.11 Å². The molecule has 1 aromatic heterocycles. The molecule has 2 heterocycles. The lowest BCUT2D eigenvalue weighted by Crippen LogP contribution is -2.17. The second-order valence-corrected chi connectivity index (χ2v) is 4.91. The zero-order valence-corrected chi connectivity index (χ0v) is 10.7. The van der Waals surface area contributed by atoms with Crippen LogP contribution < -0.4 is 5.32 Å². The third kappa shape index (κ3) is 2.30. The molecule has 2 atom stereocenters. The van der Waals surface area contributed by atoms with Gasteiger partial charge in [-0.2, -0.15) is 0 Å². The zero-order chi connectivity index (χ0) is 14.1. The largest absolute Gasteiger partial charge is 0.481 e. The van der Waals surface area contributed by atoms with Crippen LogP contribution in [-0.2, 0) is 4.79 Å². The molecule has 1 saturated heterocycles. The molecule has 1 aromatic carbocycles. The predicted molar refractivity (Wildman–Crippen MR) is 70.0 cm³/mol. The fourth-order valence-corrected chi connectivity index (χ4v) is 2.53. The molecule has 2 N–H and O–H groups in total. The summed E-state index contributed by atoms with van der Waals surface area (Å²) in [4.78, 5) is 14.8. The Balaban J connectivity index is 1.83. The minimum atomic E-state index is -0.810. The number of rotatable bonds is 3. The van der Waals surface area contributed by atoms with Crippen LogP contribution in [0.2, 0.25) is 0 Å². The average molecular weight is 275 g/mol. The molecule has 0 radical (unpaired) electrons. The van der Waals surface area contributed by atoms with Crippen LogP contribution in [0, 0.1) is 11.7 Å². The van der Waals surface area contributed by atoms with Crippen molar-refractivity contribution in [2.24, 2.45) is 5.92 Å². The molecule has 2 aromatic rings. The van der Waals surface area contributed by atoms with E-state index in [1.807, 2.05) is 6.07 Å². The van der Waals surface area contributed by atoms with Crippen LogP contribution in [0.3, 0.4) is 0 Å². The summed E-state index contributed by atoms with van der Waals surface area (Å²) in [6, 6.07) is 4.85. The highest BCUT2D eigenvalue weighted by Gasteiger charge is 2.30. The molecule has 0 bridgehead atoms. The molecule has 0 spiro atoms. The number of aromatic nitrogens is 2. The molecule has 1 fully saturated rings. The van der Waals surface area contributed by atoms with Crippen molar-refractivity contribution in [2.45, 2.75) is 12.5 Å². The molecule has 104 valence electrons. The summed E-state index contributed by atoms with van der Waals surface area (Å²) in [5.41, 5.74) is 1.20. The molecule has 5 nitrogen and oxygen atoms in total. The van der Waals surface area contributed by atoms with Crippen LogP contribution in [0.1, 0.15) is 18.0 Å². The Labute approximate surface area is 115 Å². The summed E-state index contributed by atoms with van der Waals surface area (Å²) in [6.45, 7) is 0.422. The molecule has 1 aliphatic heterocycles. The van der Waals surface area contributed by atoms with Gasteiger partial charge in [0.1, 0.15) is 5.82 Å². The lowest BCUT2D eigenvalue weighted by atomic mass is 10.00. The van der Waals surface area contributed by atoms with Crippen molar-refractivity contribution in [3.63, 3.8) is 0 Å². The maximum absolute atomic E-state index is 14.1. The first-order valence-corrected chi connectivity index (χ1v) is 6.39. The van der Waals surface area contributed by atoms with E-state index >= 15 is 0 Å². The van der Waals surface area contributed by atoms with E-state index in [1.54, 1.807) is 23.0 Å². The van der Waals surface area contributed by atoms with E-state index in [-0.39, 0.29) is 11.9 Å². The highest BCUT2D eigenvalue weighted by atomic mass is 19.1. The summed E-state index contributed by atoms with van der Waals surface area (Å²) in [6.07, 6.45) is 5.28. The number of imidazole rings is 1. The molecule has 6 heteroatoms. The van der Waals surface area contributed by atoms with Gasteiger partial charge in [-0.15, -0.1) is 0 Å². The Bertz CT molecular complexity index is 627. The van der Waals surface area contributed by atoms with E-state index in [1.165, 1.54) is 12.4 Å². The average Bonchev–Trinajstić information content (AvgIpc) is 3.10. The van der Waals surface area contributed by atoms with Crippen LogP contribution in [-0.4, -0.2) is 27.2 Å². The van der Waals surface area contributed by atoms with Gasteiger partial charge in [-0.05, 0) is 24.1 Å². The van der Waals surface area contributed by atoms with Crippen LogP contribution in [0.15, 0.2) is 36.9 Å². The fourth-order valence-electron chi connectivity index (χ4n) is 2.53. The summed E-state index contributed by atoms with van der Waals surface area (Å²) in [7, 11) is 0. The molecular formula is C14H14FN3O2. The standard InChI is InChI=1S/C14H14FN3O2/c15-11-5-9(12-6-10(7-17-12)14(19)20)1-2-13(11)18-4-3-16-8-18/h1-5,8,10,12,17H,6-7H2,(H,19,20). The summed E-state index contributed by atoms with van der Waals surface area (Å²) in [5, 5.41) is 12.1. The number of aliphatic carboxylic acids is 1. The Morgan fingerprint density at radius 1 is 1.50 bits per heavy atom. The van der Waals surface area contributed by atoms with E-state index in [9.17, 15) is 9.18 Å². The van der Waals surface area contributed by atoms with Gasteiger partial charge < -0.3 is 15.0 Å². The van der Waals surface area contributed by atoms with Crippen LogP contribution >= 0.6 is 0 Å². The van der Waals surface area contributed by atoms with Gasteiger partial charge in [0.05, 0.1) is 17.9 Å². The number of carboxylic acid groups (broad SMARTS) is 1. The molecule has 20 heavy (non-hydrogen) atoms. The summed E-state index contributed by atoms with van der Waals surface area (Å²) in [5.74, 6) is -1.56. The van der Waals surface area contributed by atoms with E-state index in [0.29, 0.717) is 18.7 Å². The number of carbonyl (C=O) groups is 1. The number of nitrogens with one attached hydrogen (secondary N) is 1. The second-order valence-electron chi connectivity index (χ2n) is 4.91. The van der Waals surface area contributed by atoms with Crippen LogP contribution in [0.5, 0.6) is 0 Å². The van der Waals surface area contributed by atoms with Gasteiger partial charge in [-0.1, -0.05) is 6.07 Å². The minimum absolute atomic E-state index is 0.109. The Morgan fingerprint density at radius 3 is 2.95 bits per heavy atom. The van der Waals surface area contributed by atoms with Crippen molar-refractivity contribution in [1.82, 2.24) is 14.9 Å². The monoisotopic (exact) mass is 275 g/mol. The third-order valence-electron chi connectivity index (χ3n) is 3.64. The van der Waals surface area contributed by atoms with Gasteiger partial charge in [0.25, 0.3) is 0 Å². The summed E-state index contributed by atoms with van der Waals surface area (Å²) < 4.78 is 15.7. The molecule has 1 aliphatic rings. The van der Waals surface area contributed by atoms with Gasteiger partial charge >= 0.3 is 5.97 Å². The first kappa shape index (κ1) is 12.8. The van der Waals surface area contributed by atoms with Gasteiger partial charge in [0, 0.05) is 25.0 Å². The topological polar surface area (TPSA) is 67.2 Å². The molecule has 3 rings (SSSR count). The van der Waals surface area contributed by atoms with Crippen LogP contribution in [0.4, 0.5) is 4.39 Å². The zero-order valence-electron chi connectivity index (χ0n) is 10.7. The lowest BCUT2D eigenvalue weighted by molar-refractivity contribution is -0.141. The number of halogens is 1. The maximum Gasteiger partial charge on any atom is 0.307 e. The van der Waals surface area contributed by atoms with E-state index in [2.05, 4.69) is 10.3 Å². The first-order valence-electron chi connectivity index (χ1n) is 6.39. The lowest BCUT2D eigenvalue weighted by Gasteiger charge is -2.12. The van der Waals surface area contributed by atoms with E-state index < -0.39 is 11.9 Å². The Kier molecular flexibility index (Phi) is 3.23. The number of nitrogens with zero attached hydrogens (tertiary/aromatic N) is 2. The minimum Gasteiger partial charge on any atom is -0.481 e. The van der Waals surface area contributed by atoms with Crippen molar-refractivity contribution in [3.8, 4) is 5.69 Å². The third-order valence-corrected chi connectivity index (χ3v) is 3.64. The highest BCUT2D eigenvalue weighted by Crippen LogP contribution is 2.29. The number of hydrogen-bond donors (Lipinski definition) is 2. The van der Waals surface area contributed by atoms with Gasteiger partial charge in [-0.3, -0.25) is 4.79 Å². The quantitative estimate of drug-likeness (QED) is 0.895. The Morgan fingerprint density at radius 2 is 2.35 bits per heavy atom. The maximum atomic E-state index is 14.1. The smallest absolute Gasteiger partial charge is 0.307 e. The van der Waals surface area contributed by atoms with Crippen molar-refractivity contribution < 1.29 is 14.3 Å². The van der Waals surface area contributed by atoms with E-state index in [0.717, 1.165) is 5.56 Å². The van der Waals surface area contributed by atoms with Crippen molar-refractivity contribution in [3.05, 3.63) is 48.3 Å². The summed E-state index contributed by atoms with van der Waals surface area (Å²) >= 11 is 0. The number of carboxylic acids is 1. The SMILES string of the molecule is O=C(O)C1CNC(c2ccc(-n3ccnc3)c(F)c2)C1. The predicted octanol–water partition coefficient (Wildman–Crippen LogP) is 1.75. The second kappa shape index (κ2) is 5.05. The highest BCUT2D eigenvalue weighted by molar-refractivity contribution is 5.70. The molecule has 0 saturated carbocycles. The Hall–Kier alpha value is -2.21. The molecular weight excluding hydrogens is 261 g/mol.